The van der Waals surface area contributed by atoms with Gasteiger partial charge in [0.25, 0.3) is 5.91 Å². The standard InChI is InChI=1S/C51H60F3N7O8S2/c1-32-43(71-31-57-32)34-16-14-33(15-17-34)28-56-45(64)41-26-38(62)29-59(41)46(65)44(49(2,3)4)58-42(63)30-68-22-8-7-20-67-21-9-10-23-69-39-13-11-12-37(24-39)61-48(70)60(47(66)50(61,5)6)36-19-18-35(27-55)40(25-36)51(52,53)54/h11-19,24-25,31,38,41,44,62H,7-10,20-23,26,28-30H2,1-6H3,(H,56,64)(H,58,63)/t38-,41+,44?/m1/s1. The number of β-amino-alcohol motifs (C(OH)–C–C–N with tert-alkyl or cyclic N) is 1. The Bertz CT molecular complexity index is 2600. The summed E-state index contributed by atoms with van der Waals surface area (Å²) < 4.78 is 58.6. The zero-order chi connectivity index (χ0) is 51.7. The number of carbonyl (C=O) groups is 4. The molecule has 3 atom stereocenters. The normalized spacial score (nSPS) is 17.3. The third kappa shape index (κ3) is 13.5. The Morgan fingerprint density at radius 2 is 1.65 bits per heavy atom. The van der Waals surface area contributed by atoms with Crippen molar-refractivity contribution in [1.82, 2.24) is 20.5 Å². The Kier molecular flexibility index (Phi) is 18.0. The molecule has 0 bridgehead atoms. The number of halogens is 3. The molecule has 71 heavy (non-hydrogen) atoms. The van der Waals surface area contributed by atoms with Crippen molar-refractivity contribution in [2.45, 2.75) is 110 Å². The van der Waals surface area contributed by atoms with Crippen LogP contribution in [0.15, 0.2) is 72.2 Å². The number of nitrogens with zero attached hydrogens (tertiary/aromatic N) is 5. The highest BCUT2D eigenvalue weighted by Crippen LogP contribution is 2.40. The minimum Gasteiger partial charge on any atom is -0.494 e. The van der Waals surface area contributed by atoms with Crippen LogP contribution < -0.4 is 25.2 Å². The van der Waals surface area contributed by atoms with E-state index in [0.29, 0.717) is 63.5 Å². The third-order valence-electron chi connectivity index (χ3n) is 12.2. The van der Waals surface area contributed by atoms with Crippen molar-refractivity contribution >= 4 is 63.7 Å². The average molecular weight is 1020 g/mol. The van der Waals surface area contributed by atoms with Crippen LogP contribution in [0.1, 0.15) is 89.1 Å². The van der Waals surface area contributed by atoms with E-state index in [1.165, 1.54) is 11.0 Å². The number of benzene rings is 3. The summed E-state index contributed by atoms with van der Waals surface area (Å²) in [6.45, 7) is 12.3. The summed E-state index contributed by atoms with van der Waals surface area (Å²) in [7, 11) is 0. The number of amides is 4. The molecule has 1 aromatic heterocycles. The Morgan fingerprint density at radius 3 is 2.28 bits per heavy atom. The number of hydrogen-bond acceptors (Lipinski definition) is 12. The van der Waals surface area contributed by atoms with E-state index in [2.05, 4.69) is 15.6 Å². The van der Waals surface area contributed by atoms with Gasteiger partial charge >= 0.3 is 6.18 Å². The van der Waals surface area contributed by atoms with Crippen LogP contribution in [0, 0.1) is 23.7 Å². The van der Waals surface area contributed by atoms with E-state index in [0.717, 1.165) is 38.7 Å². The molecule has 2 saturated heterocycles. The fourth-order valence-corrected chi connectivity index (χ4v) is 9.66. The lowest BCUT2D eigenvalue weighted by molar-refractivity contribution is -0.144. The first-order valence-electron chi connectivity index (χ1n) is 23.3. The van der Waals surface area contributed by atoms with Crippen LogP contribution in [-0.4, -0.2) is 107 Å². The minimum atomic E-state index is -4.81. The molecule has 2 aliphatic heterocycles. The summed E-state index contributed by atoms with van der Waals surface area (Å²) in [6, 6.07) is 17.5. The number of nitriles is 1. The van der Waals surface area contributed by atoms with Gasteiger partial charge in [-0.2, -0.15) is 18.4 Å². The molecule has 2 fully saturated rings. The molecule has 15 nitrogen and oxygen atoms in total. The number of aliphatic hydroxyl groups is 1. The lowest BCUT2D eigenvalue weighted by Crippen LogP contribution is -2.58. The van der Waals surface area contributed by atoms with Gasteiger partial charge in [-0.3, -0.25) is 24.1 Å². The Hall–Kier alpha value is -5.98. The molecule has 4 amide bonds. The molecular formula is C51H60F3N7O8S2. The van der Waals surface area contributed by atoms with Crippen LogP contribution in [0.3, 0.4) is 0 Å². The summed E-state index contributed by atoms with van der Waals surface area (Å²) in [5, 5.41) is 25.5. The number of likely N-dealkylation sites (tertiary alicyclic amines) is 1. The van der Waals surface area contributed by atoms with Gasteiger partial charge in [-0.25, -0.2) is 4.98 Å². The second-order valence-corrected chi connectivity index (χ2v) is 20.2. The van der Waals surface area contributed by atoms with Gasteiger partial charge in [0.2, 0.25) is 17.7 Å². The number of aliphatic hydroxyl groups excluding tert-OH is 1. The van der Waals surface area contributed by atoms with Gasteiger partial charge in [0.05, 0.1) is 51.7 Å². The van der Waals surface area contributed by atoms with Gasteiger partial charge in [0.1, 0.15) is 30.0 Å². The highest BCUT2D eigenvalue weighted by molar-refractivity contribution is 7.81. The highest BCUT2D eigenvalue weighted by atomic mass is 32.1. The molecule has 0 spiro atoms. The quantitative estimate of drug-likeness (QED) is 0.0546. The number of anilines is 2. The number of hydrogen-bond donors (Lipinski definition) is 3. The molecule has 0 radical (unpaired) electrons. The number of carbonyl (C=O) groups excluding carboxylic acids is 4. The number of aromatic nitrogens is 1. The number of aryl methyl sites for hydroxylation is 1. The number of rotatable bonds is 21. The number of ether oxygens (including phenoxy) is 3. The van der Waals surface area contributed by atoms with Gasteiger partial charge in [-0.1, -0.05) is 51.1 Å². The molecule has 4 aromatic rings. The average Bonchev–Trinajstić information content (AvgIpc) is 3.99. The van der Waals surface area contributed by atoms with Gasteiger partial charge in [-0.05, 0) is 106 Å². The zero-order valence-corrected chi connectivity index (χ0v) is 42.3. The van der Waals surface area contributed by atoms with Gasteiger partial charge < -0.3 is 39.8 Å². The van der Waals surface area contributed by atoms with Crippen LogP contribution >= 0.6 is 23.6 Å². The van der Waals surface area contributed by atoms with Gasteiger partial charge in [0, 0.05) is 51.1 Å². The second kappa shape index (κ2) is 23.5. The van der Waals surface area contributed by atoms with Crippen LogP contribution in [-0.2, 0) is 41.4 Å². The fraction of sp³-hybridized carbons (Fsp3) is 0.471. The van der Waals surface area contributed by atoms with Crippen molar-refractivity contribution in [2.24, 2.45) is 5.41 Å². The first kappa shape index (κ1) is 54.4. The van der Waals surface area contributed by atoms with Crippen LogP contribution in [0.5, 0.6) is 5.75 Å². The molecule has 2 aliphatic rings. The fourth-order valence-electron chi connectivity index (χ4n) is 8.33. The minimum absolute atomic E-state index is 0.0155. The number of unbranched alkanes of at least 4 members (excludes halogenated alkanes) is 2. The van der Waals surface area contributed by atoms with Gasteiger partial charge in [0.15, 0.2) is 5.11 Å². The van der Waals surface area contributed by atoms with Crippen molar-refractivity contribution in [2.75, 3.05) is 49.4 Å². The van der Waals surface area contributed by atoms with Crippen molar-refractivity contribution in [3.8, 4) is 22.3 Å². The first-order valence-corrected chi connectivity index (χ1v) is 24.6. The molecule has 20 heteroatoms. The molecule has 1 unspecified atom stereocenters. The predicted molar refractivity (Wildman–Crippen MR) is 266 cm³/mol. The topological polar surface area (TPSA) is 187 Å². The maximum atomic E-state index is 14.0. The maximum absolute atomic E-state index is 14.0. The van der Waals surface area contributed by atoms with Crippen LogP contribution in [0.4, 0.5) is 24.5 Å². The SMILES string of the molecule is Cc1ncsc1-c1ccc(CNC(=O)[C@@H]2C[C@@H](O)CN2C(=O)C(NC(=O)COCCCCOCCCCOc2cccc(N3C(=S)N(c4ccc(C#N)c(C(F)(F)F)c4)C(=O)C3(C)C)c2)C(C)(C)C)cc1. The van der Waals surface area contributed by atoms with Gasteiger partial charge in [-0.15, -0.1) is 11.3 Å². The summed E-state index contributed by atoms with van der Waals surface area (Å²) >= 11 is 7.21. The summed E-state index contributed by atoms with van der Waals surface area (Å²) in [4.78, 5) is 63.4. The van der Waals surface area contributed by atoms with Crippen molar-refractivity contribution in [3.63, 3.8) is 0 Å². The van der Waals surface area contributed by atoms with E-state index in [9.17, 15) is 42.7 Å². The predicted octanol–water partition coefficient (Wildman–Crippen LogP) is 7.71. The van der Waals surface area contributed by atoms with Crippen molar-refractivity contribution in [3.05, 3.63) is 94.6 Å². The highest BCUT2D eigenvalue weighted by Gasteiger charge is 2.51. The Labute approximate surface area is 421 Å². The molecule has 0 saturated carbocycles. The largest absolute Gasteiger partial charge is 0.494 e. The molecule has 0 aliphatic carbocycles. The number of thiazole rings is 1. The molecule has 6 rings (SSSR count). The third-order valence-corrected chi connectivity index (χ3v) is 13.5. The number of nitrogens with one attached hydrogen (secondary N) is 2. The Balaban J connectivity index is 0.866. The maximum Gasteiger partial charge on any atom is 0.417 e. The van der Waals surface area contributed by atoms with E-state index in [1.54, 1.807) is 65.9 Å². The molecular weight excluding hydrogens is 960 g/mol. The Morgan fingerprint density at radius 1 is 0.972 bits per heavy atom. The van der Waals surface area contributed by atoms with E-state index in [-0.39, 0.29) is 42.8 Å². The lowest BCUT2D eigenvalue weighted by atomic mass is 9.85. The first-order chi connectivity index (χ1) is 33.6. The van der Waals surface area contributed by atoms with Crippen LogP contribution in [0.2, 0.25) is 0 Å². The number of alkyl halides is 3. The summed E-state index contributed by atoms with van der Waals surface area (Å²) in [5.74, 6) is -1.33. The molecule has 380 valence electrons. The molecule has 3 aromatic carbocycles. The molecule has 3 heterocycles. The van der Waals surface area contributed by atoms with Crippen LogP contribution in [0.25, 0.3) is 10.4 Å². The zero-order valence-electron chi connectivity index (χ0n) is 40.6. The van der Waals surface area contributed by atoms with E-state index in [4.69, 9.17) is 26.4 Å². The summed E-state index contributed by atoms with van der Waals surface area (Å²) in [6.07, 6.45) is -2.90. The van der Waals surface area contributed by atoms with E-state index in [1.807, 2.05) is 52.0 Å². The monoisotopic (exact) mass is 1020 g/mol. The van der Waals surface area contributed by atoms with Crippen molar-refractivity contribution < 1.29 is 51.7 Å². The summed E-state index contributed by atoms with van der Waals surface area (Å²) in [5.41, 5.74) is 1.41. The van der Waals surface area contributed by atoms with Crippen molar-refractivity contribution in [1.29, 1.82) is 5.26 Å². The second-order valence-electron chi connectivity index (χ2n) is 19.0. The number of thiocarbonyl (C=S) groups is 1. The van der Waals surface area contributed by atoms with E-state index < -0.39 is 64.2 Å². The van der Waals surface area contributed by atoms with E-state index >= 15 is 0 Å². The smallest absolute Gasteiger partial charge is 0.417 e. The molecule has 3 N–H and O–H groups in total. The lowest BCUT2D eigenvalue weighted by Gasteiger charge is -2.35.